The summed E-state index contributed by atoms with van der Waals surface area (Å²) >= 11 is 4.22. The van der Waals surface area contributed by atoms with E-state index in [9.17, 15) is 0 Å². The quantitative estimate of drug-likeness (QED) is 0.438. The van der Waals surface area contributed by atoms with Crippen molar-refractivity contribution in [1.82, 2.24) is 0 Å². The van der Waals surface area contributed by atoms with Crippen molar-refractivity contribution in [2.24, 2.45) is 5.92 Å². The zero-order valence-corrected chi connectivity index (χ0v) is 11.4. The molecular weight excluding hydrogens is 224 g/mol. The number of thiol groups is 1. The van der Waals surface area contributed by atoms with Gasteiger partial charge in [0.1, 0.15) is 0 Å². The Morgan fingerprint density at radius 1 is 1.08 bits per heavy atom. The average Bonchev–Trinajstić information content (AvgIpc) is 2.13. The molecule has 0 fully saturated rings. The minimum Gasteiger partial charge on any atom is -0.376 e. The van der Waals surface area contributed by atoms with Gasteiger partial charge in [0.15, 0.2) is 0 Å². The lowest BCUT2D eigenvalue weighted by atomic mass is 10.3. The molecule has 6 heteroatoms. The molecule has 0 heterocycles. The second-order valence-corrected chi connectivity index (χ2v) is 7.81. The molecule has 0 aromatic carbocycles. The maximum absolute atomic E-state index is 5.38. The standard InChI is InChI=1S/C7H18O3S2Si/c1-6(2)7(12-11)13(8-3,9-4)10-5/h6-7,11H,1-5H3. The summed E-state index contributed by atoms with van der Waals surface area (Å²) in [4.78, 5) is 0.163. The van der Waals surface area contributed by atoms with Crippen LogP contribution in [0, 0.1) is 5.92 Å². The van der Waals surface area contributed by atoms with E-state index in [2.05, 4.69) is 25.5 Å². The lowest BCUT2D eigenvalue weighted by Crippen LogP contribution is -2.54. The molecule has 1 unspecified atom stereocenters. The summed E-state index contributed by atoms with van der Waals surface area (Å²) in [5, 5.41) is 0. The van der Waals surface area contributed by atoms with Crippen molar-refractivity contribution in [3.05, 3.63) is 0 Å². The SMILES string of the molecule is CO[Si](OC)(OC)C(SS)C(C)C. The van der Waals surface area contributed by atoms with E-state index in [1.54, 1.807) is 21.3 Å². The summed E-state index contributed by atoms with van der Waals surface area (Å²) in [6, 6.07) is 0. The molecule has 80 valence electrons. The third-order valence-corrected chi connectivity index (χ3v) is 8.26. The van der Waals surface area contributed by atoms with Gasteiger partial charge in [0.05, 0.1) is 4.87 Å². The van der Waals surface area contributed by atoms with Crippen LogP contribution in [0.15, 0.2) is 0 Å². The van der Waals surface area contributed by atoms with Crippen LogP contribution in [0.5, 0.6) is 0 Å². The Morgan fingerprint density at radius 3 is 1.54 bits per heavy atom. The van der Waals surface area contributed by atoms with Gasteiger partial charge in [-0.05, 0) is 5.92 Å². The van der Waals surface area contributed by atoms with Crippen molar-refractivity contribution >= 4 is 31.3 Å². The zero-order chi connectivity index (χ0) is 10.5. The number of hydrogen-bond donors (Lipinski definition) is 1. The highest BCUT2D eigenvalue weighted by Crippen LogP contribution is 2.32. The van der Waals surface area contributed by atoms with E-state index in [1.165, 1.54) is 10.8 Å². The largest absolute Gasteiger partial charge is 0.515 e. The number of rotatable bonds is 6. The summed E-state index contributed by atoms with van der Waals surface area (Å²) in [7, 11) is 3.79. The van der Waals surface area contributed by atoms with E-state index in [0.717, 1.165) is 0 Å². The van der Waals surface area contributed by atoms with Crippen LogP contribution in [0.2, 0.25) is 0 Å². The molecule has 0 spiro atoms. The molecule has 0 aromatic heterocycles. The minimum absolute atomic E-state index is 0.163. The van der Waals surface area contributed by atoms with Crippen LogP contribution < -0.4 is 0 Å². The first-order valence-electron chi connectivity index (χ1n) is 4.03. The molecule has 0 aliphatic carbocycles. The monoisotopic (exact) mass is 242 g/mol. The van der Waals surface area contributed by atoms with Crippen molar-refractivity contribution in [2.45, 2.75) is 18.7 Å². The van der Waals surface area contributed by atoms with Crippen LogP contribution in [0.1, 0.15) is 13.8 Å². The predicted molar refractivity (Wildman–Crippen MR) is 62.0 cm³/mol. The van der Waals surface area contributed by atoms with Gasteiger partial charge in [-0.25, -0.2) is 0 Å². The summed E-state index contributed by atoms with van der Waals surface area (Å²) in [6.07, 6.45) is 0. The third-order valence-electron chi connectivity index (χ3n) is 1.92. The van der Waals surface area contributed by atoms with E-state index in [1.807, 2.05) is 0 Å². The molecule has 1 atom stereocenters. The third kappa shape index (κ3) is 3.14. The predicted octanol–water partition coefficient (Wildman–Crippen LogP) is 2.01. The van der Waals surface area contributed by atoms with E-state index in [-0.39, 0.29) is 4.87 Å². The Hall–Kier alpha value is 0.797. The van der Waals surface area contributed by atoms with Crippen molar-refractivity contribution < 1.29 is 13.3 Å². The van der Waals surface area contributed by atoms with Crippen molar-refractivity contribution in [3.63, 3.8) is 0 Å². The molecule has 0 aromatic rings. The van der Waals surface area contributed by atoms with Gasteiger partial charge < -0.3 is 13.3 Å². The van der Waals surface area contributed by atoms with Gasteiger partial charge in [-0.15, -0.1) is 11.7 Å². The zero-order valence-electron chi connectivity index (χ0n) is 8.73. The fourth-order valence-corrected chi connectivity index (χ4v) is 6.72. The summed E-state index contributed by atoms with van der Waals surface area (Å²) in [6.45, 7) is 4.21. The molecule has 0 bridgehead atoms. The van der Waals surface area contributed by atoms with Gasteiger partial charge in [-0.1, -0.05) is 24.6 Å². The fraction of sp³-hybridized carbons (Fsp3) is 1.00. The Balaban J connectivity index is 4.65. The van der Waals surface area contributed by atoms with Gasteiger partial charge in [0.2, 0.25) is 0 Å². The summed E-state index contributed by atoms with van der Waals surface area (Å²) in [5.74, 6) is 0.411. The Kier molecular flexibility index (Phi) is 6.70. The second-order valence-electron chi connectivity index (χ2n) is 2.99. The van der Waals surface area contributed by atoms with Crippen LogP contribution in [-0.2, 0) is 13.3 Å². The molecule has 0 saturated heterocycles. The summed E-state index contributed by atoms with van der Waals surface area (Å²) in [5.41, 5.74) is 0. The Morgan fingerprint density at radius 2 is 1.46 bits per heavy atom. The first-order valence-corrected chi connectivity index (χ1v) is 7.77. The van der Waals surface area contributed by atoms with Crippen molar-refractivity contribution in [3.8, 4) is 0 Å². The lowest BCUT2D eigenvalue weighted by molar-refractivity contribution is 0.117. The highest BCUT2D eigenvalue weighted by molar-refractivity contribution is 8.69. The molecule has 0 radical (unpaired) electrons. The van der Waals surface area contributed by atoms with E-state index < -0.39 is 8.80 Å². The molecule has 3 nitrogen and oxygen atoms in total. The molecule has 0 saturated carbocycles. The van der Waals surface area contributed by atoms with Gasteiger partial charge in [0.25, 0.3) is 0 Å². The van der Waals surface area contributed by atoms with E-state index in [4.69, 9.17) is 13.3 Å². The van der Waals surface area contributed by atoms with E-state index in [0.29, 0.717) is 5.92 Å². The molecule has 0 N–H and O–H groups in total. The normalized spacial score (nSPS) is 15.0. The molecule has 0 rings (SSSR count). The van der Waals surface area contributed by atoms with Crippen LogP contribution in [0.25, 0.3) is 0 Å². The van der Waals surface area contributed by atoms with Gasteiger partial charge >= 0.3 is 8.80 Å². The van der Waals surface area contributed by atoms with Crippen molar-refractivity contribution in [2.75, 3.05) is 21.3 Å². The Labute approximate surface area is 90.7 Å². The minimum atomic E-state index is -2.52. The van der Waals surface area contributed by atoms with Crippen LogP contribution >= 0.6 is 22.5 Å². The van der Waals surface area contributed by atoms with Gasteiger partial charge in [-0.3, -0.25) is 0 Å². The number of hydrogen-bond acceptors (Lipinski definition) is 5. The second kappa shape index (κ2) is 6.31. The van der Waals surface area contributed by atoms with Crippen LogP contribution in [-0.4, -0.2) is 35.0 Å². The molecule has 0 aliphatic rings. The maximum atomic E-state index is 5.38. The first kappa shape index (κ1) is 13.8. The Bertz CT molecular complexity index is 133. The summed E-state index contributed by atoms with van der Waals surface area (Å²) < 4.78 is 16.1. The first-order chi connectivity index (χ1) is 6.07. The molecule has 13 heavy (non-hydrogen) atoms. The van der Waals surface area contributed by atoms with Crippen LogP contribution in [0.3, 0.4) is 0 Å². The molecule has 0 amide bonds. The van der Waals surface area contributed by atoms with E-state index >= 15 is 0 Å². The van der Waals surface area contributed by atoms with Crippen LogP contribution in [0.4, 0.5) is 0 Å². The topological polar surface area (TPSA) is 27.7 Å². The fourth-order valence-electron chi connectivity index (χ4n) is 1.19. The van der Waals surface area contributed by atoms with Gasteiger partial charge in [0, 0.05) is 21.3 Å². The lowest BCUT2D eigenvalue weighted by Gasteiger charge is -2.32. The molecular formula is C7H18O3S2Si. The van der Waals surface area contributed by atoms with Crippen molar-refractivity contribution in [1.29, 1.82) is 0 Å². The average molecular weight is 242 g/mol. The molecule has 0 aliphatic heterocycles. The maximum Gasteiger partial charge on any atom is 0.515 e. The highest BCUT2D eigenvalue weighted by atomic mass is 33.1. The van der Waals surface area contributed by atoms with Gasteiger partial charge in [-0.2, -0.15) is 0 Å². The highest BCUT2D eigenvalue weighted by Gasteiger charge is 2.48. The smallest absolute Gasteiger partial charge is 0.376 e.